The smallest absolute Gasteiger partial charge is 0.295 e. The average Bonchev–Trinajstić information content (AvgIpc) is 3.10. The van der Waals surface area contributed by atoms with Crippen molar-refractivity contribution >= 4 is 57.0 Å². The first-order valence-corrected chi connectivity index (χ1v) is 10.7. The molecule has 12 heteroatoms. The highest BCUT2D eigenvalue weighted by atomic mass is 35.5. The Morgan fingerprint density at radius 1 is 1.16 bits per heavy atom. The van der Waals surface area contributed by atoms with E-state index in [-0.39, 0.29) is 27.8 Å². The second-order valence-corrected chi connectivity index (χ2v) is 8.48. The van der Waals surface area contributed by atoms with Gasteiger partial charge in [0.1, 0.15) is 10.6 Å². The van der Waals surface area contributed by atoms with E-state index in [9.17, 15) is 14.4 Å². The largest absolute Gasteiger partial charge is 0.347 e. The van der Waals surface area contributed by atoms with E-state index in [4.69, 9.17) is 23.2 Å². The number of benzene rings is 1. The monoisotopic (exact) mass is 488 g/mol. The molecule has 0 aliphatic heterocycles. The van der Waals surface area contributed by atoms with Crippen LogP contribution >= 0.6 is 34.5 Å². The zero-order valence-electron chi connectivity index (χ0n) is 16.4. The summed E-state index contributed by atoms with van der Waals surface area (Å²) < 4.78 is 1.19. The summed E-state index contributed by atoms with van der Waals surface area (Å²) in [5, 5.41) is 10.2. The van der Waals surface area contributed by atoms with Gasteiger partial charge in [0.2, 0.25) is 4.96 Å². The fourth-order valence-corrected chi connectivity index (χ4v) is 4.31. The minimum absolute atomic E-state index is 0.0229. The summed E-state index contributed by atoms with van der Waals surface area (Å²) in [6.45, 7) is 1.66. The van der Waals surface area contributed by atoms with Crippen LogP contribution < -0.4 is 16.2 Å². The van der Waals surface area contributed by atoms with Crippen LogP contribution in [0.1, 0.15) is 31.4 Å². The predicted octanol–water partition coefficient (Wildman–Crippen LogP) is 3.34. The molecule has 32 heavy (non-hydrogen) atoms. The van der Waals surface area contributed by atoms with Gasteiger partial charge >= 0.3 is 0 Å². The number of thiazole rings is 1. The Bertz CT molecular complexity index is 1380. The molecular weight excluding hydrogens is 475 g/mol. The number of nitrogens with one attached hydrogen (secondary N) is 2. The van der Waals surface area contributed by atoms with Crippen molar-refractivity contribution in [3.63, 3.8) is 0 Å². The molecule has 0 saturated heterocycles. The van der Waals surface area contributed by atoms with Crippen molar-refractivity contribution in [1.82, 2.24) is 24.9 Å². The van der Waals surface area contributed by atoms with E-state index in [1.165, 1.54) is 29.6 Å². The molecule has 3 aromatic heterocycles. The SMILES string of the molecule is Cc1nn2c(C(=O)NCc3cccnc3)c(C(=O)Nc3cc(Cl)cc(Cl)c3)sc2nc1=O. The molecule has 2 amide bonds. The van der Waals surface area contributed by atoms with E-state index in [0.717, 1.165) is 16.9 Å². The Kier molecular flexibility index (Phi) is 6.17. The zero-order chi connectivity index (χ0) is 22.8. The van der Waals surface area contributed by atoms with Gasteiger partial charge in [-0.2, -0.15) is 14.6 Å². The lowest BCUT2D eigenvalue weighted by molar-refractivity contribution is 0.0932. The lowest BCUT2D eigenvalue weighted by atomic mass is 10.2. The molecule has 4 aromatic rings. The second kappa shape index (κ2) is 9.03. The van der Waals surface area contributed by atoms with Crippen LogP contribution in [-0.4, -0.2) is 31.4 Å². The third kappa shape index (κ3) is 4.62. The standard InChI is InChI=1S/C20H14Cl2N6O3S/c1-10-17(29)26-20-28(27-10)15(18(30)24-9-11-3-2-4-23-8-11)16(32-20)19(31)25-14-6-12(21)5-13(22)7-14/h2-8H,9H2,1H3,(H,24,30)(H,25,31). The highest BCUT2D eigenvalue weighted by Gasteiger charge is 2.26. The van der Waals surface area contributed by atoms with Crippen molar-refractivity contribution in [2.75, 3.05) is 5.32 Å². The normalized spacial score (nSPS) is 10.8. The van der Waals surface area contributed by atoms with Crippen molar-refractivity contribution in [3.8, 4) is 0 Å². The number of halogens is 2. The summed E-state index contributed by atoms with van der Waals surface area (Å²) in [5.74, 6) is -1.16. The Morgan fingerprint density at radius 3 is 2.59 bits per heavy atom. The van der Waals surface area contributed by atoms with E-state index in [2.05, 4.69) is 25.7 Å². The number of pyridine rings is 1. The summed E-state index contributed by atoms with van der Waals surface area (Å²) in [6.07, 6.45) is 3.24. The number of amides is 2. The molecule has 0 radical (unpaired) electrons. The number of aromatic nitrogens is 4. The van der Waals surface area contributed by atoms with Gasteiger partial charge in [0, 0.05) is 34.7 Å². The maximum Gasteiger partial charge on any atom is 0.295 e. The number of rotatable bonds is 5. The third-order valence-corrected chi connectivity index (χ3v) is 5.74. The molecule has 0 atom stereocenters. The van der Waals surface area contributed by atoms with Crippen molar-refractivity contribution in [2.24, 2.45) is 0 Å². The minimum Gasteiger partial charge on any atom is -0.347 e. The van der Waals surface area contributed by atoms with Crippen LogP contribution in [-0.2, 0) is 6.54 Å². The van der Waals surface area contributed by atoms with Crippen LogP contribution in [0.2, 0.25) is 10.0 Å². The summed E-state index contributed by atoms with van der Waals surface area (Å²) >= 11 is 12.9. The minimum atomic E-state index is -0.600. The van der Waals surface area contributed by atoms with Gasteiger partial charge in [-0.3, -0.25) is 19.4 Å². The van der Waals surface area contributed by atoms with E-state index < -0.39 is 17.4 Å². The zero-order valence-corrected chi connectivity index (χ0v) is 18.8. The van der Waals surface area contributed by atoms with Crippen LogP contribution in [0.4, 0.5) is 5.69 Å². The van der Waals surface area contributed by atoms with Gasteiger partial charge in [0.15, 0.2) is 5.69 Å². The lowest BCUT2D eigenvalue weighted by Gasteiger charge is -2.08. The molecular formula is C20H14Cl2N6O3S. The molecule has 0 spiro atoms. The quantitative estimate of drug-likeness (QED) is 0.444. The third-order valence-electron chi connectivity index (χ3n) is 4.28. The van der Waals surface area contributed by atoms with Crippen LogP contribution in [0.15, 0.2) is 47.5 Å². The molecule has 0 saturated carbocycles. The van der Waals surface area contributed by atoms with Gasteiger partial charge in [-0.05, 0) is 36.8 Å². The fraction of sp³-hybridized carbons (Fsp3) is 0.100. The van der Waals surface area contributed by atoms with Crippen LogP contribution in [0.25, 0.3) is 4.96 Å². The number of nitrogens with zero attached hydrogens (tertiary/aromatic N) is 4. The number of anilines is 1. The molecule has 0 aliphatic rings. The maximum atomic E-state index is 13.1. The fourth-order valence-electron chi connectivity index (χ4n) is 2.83. The first-order chi connectivity index (χ1) is 15.3. The molecule has 1 aromatic carbocycles. The van der Waals surface area contributed by atoms with E-state index in [0.29, 0.717) is 15.7 Å². The number of hydrogen-bond acceptors (Lipinski definition) is 7. The summed E-state index contributed by atoms with van der Waals surface area (Å²) in [7, 11) is 0. The number of carbonyl (C=O) groups excluding carboxylic acids is 2. The Labute approximate surface area is 195 Å². The predicted molar refractivity (Wildman–Crippen MR) is 122 cm³/mol. The van der Waals surface area contributed by atoms with E-state index in [1.807, 2.05) is 0 Å². The first kappa shape index (κ1) is 21.9. The molecule has 9 nitrogen and oxygen atoms in total. The van der Waals surface area contributed by atoms with E-state index >= 15 is 0 Å². The van der Waals surface area contributed by atoms with Crippen molar-refractivity contribution in [3.05, 3.63) is 85.0 Å². The molecule has 0 unspecified atom stereocenters. The van der Waals surface area contributed by atoms with Gasteiger partial charge in [0.05, 0.1) is 0 Å². The molecule has 0 aliphatic carbocycles. The number of carbonyl (C=O) groups is 2. The van der Waals surface area contributed by atoms with Crippen molar-refractivity contribution in [1.29, 1.82) is 0 Å². The second-order valence-electron chi connectivity index (χ2n) is 6.63. The molecule has 2 N–H and O–H groups in total. The van der Waals surface area contributed by atoms with Gasteiger partial charge in [-0.25, -0.2) is 0 Å². The molecule has 3 heterocycles. The van der Waals surface area contributed by atoms with Gasteiger partial charge in [-0.1, -0.05) is 40.6 Å². The lowest BCUT2D eigenvalue weighted by Crippen LogP contribution is -2.28. The Morgan fingerprint density at radius 2 is 1.91 bits per heavy atom. The van der Waals surface area contributed by atoms with Gasteiger partial charge < -0.3 is 10.6 Å². The van der Waals surface area contributed by atoms with Crippen LogP contribution in [0, 0.1) is 6.92 Å². The average molecular weight is 489 g/mol. The summed E-state index contributed by atoms with van der Waals surface area (Å²) in [5.41, 5.74) is 0.625. The first-order valence-electron chi connectivity index (χ1n) is 9.17. The highest BCUT2D eigenvalue weighted by molar-refractivity contribution is 7.19. The van der Waals surface area contributed by atoms with Crippen molar-refractivity contribution in [2.45, 2.75) is 13.5 Å². The number of hydrogen-bond donors (Lipinski definition) is 2. The molecule has 0 bridgehead atoms. The summed E-state index contributed by atoms with van der Waals surface area (Å²) in [4.78, 5) is 46.1. The highest BCUT2D eigenvalue weighted by Crippen LogP contribution is 2.26. The van der Waals surface area contributed by atoms with Gasteiger partial charge in [-0.15, -0.1) is 0 Å². The maximum absolute atomic E-state index is 13.1. The van der Waals surface area contributed by atoms with E-state index in [1.54, 1.807) is 24.5 Å². The van der Waals surface area contributed by atoms with Crippen LogP contribution in [0.5, 0.6) is 0 Å². The summed E-state index contributed by atoms with van der Waals surface area (Å²) in [6, 6.07) is 8.11. The van der Waals surface area contributed by atoms with Gasteiger partial charge in [0.25, 0.3) is 17.4 Å². The molecule has 4 rings (SSSR count). The number of fused-ring (bicyclic) bond motifs is 1. The molecule has 162 valence electrons. The Hall–Kier alpha value is -3.34. The molecule has 0 fully saturated rings. The number of aryl methyl sites for hydroxylation is 1. The topological polar surface area (TPSA) is 118 Å². The van der Waals surface area contributed by atoms with Crippen LogP contribution in [0.3, 0.4) is 0 Å². The Balaban J connectivity index is 1.72. The van der Waals surface area contributed by atoms with Crippen molar-refractivity contribution < 1.29 is 9.59 Å².